The summed E-state index contributed by atoms with van der Waals surface area (Å²) in [6.45, 7) is 5.06. The van der Waals surface area contributed by atoms with Crippen molar-refractivity contribution in [2.75, 3.05) is 40.3 Å². The molecule has 20 heavy (non-hydrogen) atoms. The summed E-state index contributed by atoms with van der Waals surface area (Å²) in [5.74, 6) is 0.870. The molecule has 0 saturated carbocycles. The molecule has 5 nitrogen and oxygen atoms in total. The number of piperazine rings is 1. The summed E-state index contributed by atoms with van der Waals surface area (Å²) in [6, 6.07) is 7.98. The Balaban J connectivity index is 1.71. The number of hydrogen-bond acceptors (Lipinski definition) is 3. The maximum atomic E-state index is 5.32. The molecule has 0 unspecified atom stereocenters. The Labute approximate surface area is 125 Å². The fourth-order valence-electron chi connectivity index (χ4n) is 2.11. The van der Waals surface area contributed by atoms with Crippen LogP contribution in [0.5, 0.6) is 5.75 Å². The van der Waals surface area contributed by atoms with Crippen molar-refractivity contribution >= 4 is 17.3 Å². The quantitative estimate of drug-likeness (QED) is 0.648. The number of hydrazine groups is 1. The van der Waals surface area contributed by atoms with E-state index in [9.17, 15) is 0 Å². The molecule has 0 bridgehead atoms. The lowest BCUT2D eigenvalue weighted by atomic mass is 10.2. The smallest absolute Gasteiger partial charge is 0.181 e. The van der Waals surface area contributed by atoms with Crippen molar-refractivity contribution in [3.63, 3.8) is 0 Å². The van der Waals surface area contributed by atoms with Crippen molar-refractivity contribution in [1.82, 2.24) is 15.8 Å². The van der Waals surface area contributed by atoms with E-state index in [0.29, 0.717) is 5.11 Å². The van der Waals surface area contributed by atoms with Gasteiger partial charge >= 0.3 is 0 Å². The number of thiocarbonyl (C=S) groups is 1. The predicted molar refractivity (Wildman–Crippen MR) is 83.8 cm³/mol. The van der Waals surface area contributed by atoms with Crippen molar-refractivity contribution in [1.29, 1.82) is 0 Å². The van der Waals surface area contributed by atoms with Gasteiger partial charge in [0.2, 0.25) is 0 Å². The molecule has 2 rings (SSSR count). The second kappa shape index (κ2) is 7.42. The van der Waals surface area contributed by atoms with E-state index in [4.69, 9.17) is 17.0 Å². The molecule has 6 heteroatoms. The maximum absolute atomic E-state index is 5.32. The maximum Gasteiger partial charge on any atom is 0.181 e. The number of rotatable bonds is 4. The first kappa shape index (κ1) is 15.0. The third-order valence-electron chi connectivity index (χ3n) is 3.49. The number of ether oxygens (including phenoxy) is 1. The minimum absolute atomic E-state index is 0.681. The lowest BCUT2D eigenvalue weighted by Crippen LogP contribution is -3.12. The molecule has 3 N–H and O–H groups in total. The standard InChI is InChI=1S/C14H22N4OS/c1-17-7-9-18(10-8-17)16-14(20)15-11-12-3-5-13(19-2)6-4-12/h3-6H,7-11H2,1-2H3,(H2,15,16,20)/p+1. The van der Waals surface area contributed by atoms with E-state index in [1.54, 1.807) is 12.0 Å². The predicted octanol–water partition coefficient (Wildman–Crippen LogP) is -0.595. The number of methoxy groups -OCH3 is 1. The number of likely N-dealkylation sites (N-methyl/N-ethyl adjacent to an activating group) is 1. The molecule has 0 aliphatic carbocycles. The average molecular weight is 295 g/mol. The zero-order valence-electron chi connectivity index (χ0n) is 12.1. The van der Waals surface area contributed by atoms with Gasteiger partial charge in [-0.05, 0) is 29.9 Å². The highest BCUT2D eigenvalue weighted by Gasteiger charge is 2.16. The Bertz CT molecular complexity index is 429. The zero-order chi connectivity index (χ0) is 14.4. The summed E-state index contributed by atoms with van der Waals surface area (Å²) in [4.78, 5) is 1.57. The van der Waals surface area contributed by atoms with Crippen LogP contribution in [0.3, 0.4) is 0 Å². The zero-order valence-corrected chi connectivity index (χ0v) is 12.9. The van der Waals surface area contributed by atoms with E-state index in [2.05, 4.69) is 22.8 Å². The van der Waals surface area contributed by atoms with Crippen LogP contribution in [0.1, 0.15) is 5.56 Å². The second-order valence-electron chi connectivity index (χ2n) is 5.09. The topological polar surface area (TPSA) is 41.0 Å². The Kier molecular flexibility index (Phi) is 5.58. The van der Waals surface area contributed by atoms with E-state index < -0.39 is 0 Å². The lowest BCUT2D eigenvalue weighted by Gasteiger charge is -2.31. The Morgan fingerprint density at radius 1 is 1.30 bits per heavy atom. The van der Waals surface area contributed by atoms with Gasteiger partial charge in [0.05, 0.1) is 40.3 Å². The summed E-state index contributed by atoms with van der Waals surface area (Å²) in [5.41, 5.74) is 4.43. The number of nitrogens with zero attached hydrogens (tertiary/aromatic N) is 1. The molecule has 1 aromatic rings. The first-order valence-corrected chi connectivity index (χ1v) is 7.32. The molecular weight excluding hydrogens is 272 g/mol. The van der Waals surface area contributed by atoms with E-state index in [-0.39, 0.29) is 0 Å². The van der Waals surface area contributed by atoms with Crippen molar-refractivity contribution in [2.45, 2.75) is 6.54 Å². The van der Waals surface area contributed by atoms with Gasteiger partial charge in [-0.3, -0.25) is 5.43 Å². The minimum Gasteiger partial charge on any atom is -0.497 e. The van der Waals surface area contributed by atoms with Crippen LogP contribution in [0.25, 0.3) is 0 Å². The van der Waals surface area contributed by atoms with Gasteiger partial charge in [-0.25, -0.2) is 5.01 Å². The average Bonchev–Trinajstić information content (AvgIpc) is 2.48. The molecule has 1 fully saturated rings. The van der Waals surface area contributed by atoms with Crippen LogP contribution in [-0.2, 0) is 6.54 Å². The molecule has 110 valence electrons. The van der Waals surface area contributed by atoms with Gasteiger partial charge in [0.1, 0.15) is 5.75 Å². The molecule has 0 atom stereocenters. The molecule has 0 radical (unpaired) electrons. The first-order valence-electron chi connectivity index (χ1n) is 6.91. The third kappa shape index (κ3) is 4.63. The number of hydrogen-bond donors (Lipinski definition) is 3. The van der Waals surface area contributed by atoms with Crippen molar-refractivity contribution in [3.05, 3.63) is 29.8 Å². The fourth-order valence-corrected chi connectivity index (χ4v) is 2.31. The molecule has 1 aliphatic rings. The number of quaternary nitrogens is 1. The van der Waals surface area contributed by atoms with Gasteiger partial charge in [-0.1, -0.05) is 12.1 Å². The lowest BCUT2D eigenvalue weighted by molar-refractivity contribution is -0.884. The number of nitrogens with one attached hydrogen (secondary N) is 3. The second-order valence-corrected chi connectivity index (χ2v) is 5.49. The fraction of sp³-hybridized carbons (Fsp3) is 0.500. The summed E-state index contributed by atoms with van der Waals surface area (Å²) in [6.07, 6.45) is 0. The molecule has 1 saturated heterocycles. The first-order chi connectivity index (χ1) is 9.67. The van der Waals surface area contributed by atoms with Gasteiger partial charge < -0.3 is 15.0 Å². The Morgan fingerprint density at radius 3 is 2.55 bits per heavy atom. The normalized spacial score (nSPS) is 16.7. The monoisotopic (exact) mass is 295 g/mol. The Morgan fingerprint density at radius 2 is 1.95 bits per heavy atom. The van der Waals surface area contributed by atoms with Gasteiger partial charge in [-0.15, -0.1) is 0 Å². The van der Waals surface area contributed by atoms with E-state index in [1.807, 2.05) is 24.3 Å². The highest BCUT2D eigenvalue weighted by molar-refractivity contribution is 7.80. The molecule has 1 aliphatic heterocycles. The van der Waals surface area contributed by atoms with Crippen LogP contribution < -0.4 is 20.4 Å². The molecular formula is C14H23N4OS+. The van der Waals surface area contributed by atoms with E-state index >= 15 is 0 Å². The molecule has 1 heterocycles. The van der Waals surface area contributed by atoms with Crippen molar-refractivity contribution < 1.29 is 9.64 Å². The Hall–Kier alpha value is -1.37. The van der Waals surface area contributed by atoms with Crippen LogP contribution in [-0.4, -0.2) is 50.5 Å². The van der Waals surface area contributed by atoms with E-state index in [1.165, 1.54) is 5.56 Å². The highest BCUT2D eigenvalue weighted by atomic mass is 32.1. The molecule has 0 spiro atoms. The van der Waals surface area contributed by atoms with Gasteiger partial charge in [-0.2, -0.15) is 0 Å². The van der Waals surface area contributed by atoms with Crippen LogP contribution in [0.15, 0.2) is 24.3 Å². The van der Waals surface area contributed by atoms with E-state index in [0.717, 1.165) is 38.5 Å². The largest absolute Gasteiger partial charge is 0.497 e. The minimum atomic E-state index is 0.681. The highest BCUT2D eigenvalue weighted by Crippen LogP contribution is 2.10. The van der Waals surface area contributed by atoms with Crippen LogP contribution >= 0.6 is 12.2 Å². The summed E-state index contributed by atoms with van der Waals surface area (Å²) in [5, 5.41) is 6.08. The van der Waals surface area contributed by atoms with Crippen LogP contribution in [0, 0.1) is 0 Å². The summed E-state index contributed by atoms with van der Waals surface area (Å²) in [7, 11) is 3.89. The van der Waals surface area contributed by atoms with Gasteiger partial charge in [0.15, 0.2) is 5.11 Å². The van der Waals surface area contributed by atoms with Crippen molar-refractivity contribution in [3.8, 4) is 5.75 Å². The molecule has 1 aromatic carbocycles. The molecule has 0 amide bonds. The van der Waals surface area contributed by atoms with Crippen LogP contribution in [0.4, 0.5) is 0 Å². The van der Waals surface area contributed by atoms with Gasteiger partial charge in [0, 0.05) is 6.54 Å². The van der Waals surface area contributed by atoms with Crippen molar-refractivity contribution in [2.24, 2.45) is 0 Å². The SMILES string of the molecule is COc1ccc(CNC(=S)NN2CC[NH+](C)CC2)cc1. The summed E-state index contributed by atoms with van der Waals surface area (Å²) < 4.78 is 5.14. The summed E-state index contributed by atoms with van der Waals surface area (Å²) >= 11 is 5.32. The van der Waals surface area contributed by atoms with Crippen LogP contribution in [0.2, 0.25) is 0 Å². The number of benzene rings is 1. The van der Waals surface area contributed by atoms with Gasteiger partial charge in [0.25, 0.3) is 0 Å². The third-order valence-corrected chi connectivity index (χ3v) is 3.72. The molecule has 0 aromatic heterocycles.